The highest BCUT2D eigenvalue weighted by Crippen LogP contribution is 2.50. The van der Waals surface area contributed by atoms with E-state index in [-0.39, 0.29) is 5.91 Å². The molecule has 16 heavy (non-hydrogen) atoms. The van der Waals surface area contributed by atoms with Gasteiger partial charge in [0.2, 0.25) is 5.91 Å². The van der Waals surface area contributed by atoms with Crippen molar-refractivity contribution in [2.75, 3.05) is 6.54 Å². The second-order valence-electron chi connectivity index (χ2n) is 4.88. The van der Waals surface area contributed by atoms with Crippen LogP contribution in [0, 0.1) is 6.92 Å². The smallest absolute Gasteiger partial charge is 0.216 e. The van der Waals surface area contributed by atoms with E-state index in [1.165, 1.54) is 24.0 Å². The predicted octanol–water partition coefficient (Wildman–Crippen LogP) is 2.55. The van der Waals surface area contributed by atoms with Crippen molar-refractivity contribution in [3.8, 4) is 0 Å². The Hall–Kier alpha value is -1.31. The van der Waals surface area contributed by atoms with Gasteiger partial charge in [-0.1, -0.05) is 29.8 Å². The van der Waals surface area contributed by atoms with Gasteiger partial charge in [-0.25, -0.2) is 0 Å². The fraction of sp³-hybridized carbons (Fsp3) is 0.500. The van der Waals surface area contributed by atoms with E-state index in [1.54, 1.807) is 6.92 Å². The summed E-state index contributed by atoms with van der Waals surface area (Å²) in [5.41, 5.74) is 3.10. The zero-order valence-electron chi connectivity index (χ0n) is 10.0. The minimum Gasteiger partial charge on any atom is -0.356 e. The zero-order valence-corrected chi connectivity index (χ0v) is 10.0. The van der Waals surface area contributed by atoms with Crippen LogP contribution in [0.5, 0.6) is 0 Å². The first-order chi connectivity index (χ1) is 7.62. The summed E-state index contributed by atoms with van der Waals surface area (Å²) in [4.78, 5) is 10.8. The first-order valence-electron chi connectivity index (χ1n) is 5.94. The van der Waals surface area contributed by atoms with Crippen molar-refractivity contribution in [3.63, 3.8) is 0 Å². The Labute approximate surface area is 97.1 Å². The average Bonchev–Trinajstić information content (AvgIpc) is 2.99. The van der Waals surface area contributed by atoms with Gasteiger partial charge in [0.1, 0.15) is 0 Å². The molecule has 0 aliphatic heterocycles. The molecule has 2 heteroatoms. The molecule has 0 bridgehead atoms. The lowest BCUT2D eigenvalue weighted by atomic mass is 9.92. The number of carbonyl (C=O) groups excluding carboxylic acids is 1. The van der Waals surface area contributed by atoms with E-state index >= 15 is 0 Å². The minimum absolute atomic E-state index is 0.0692. The molecule has 0 radical (unpaired) electrons. The van der Waals surface area contributed by atoms with Gasteiger partial charge in [-0.3, -0.25) is 4.79 Å². The number of hydrogen-bond acceptors (Lipinski definition) is 1. The molecule has 0 aromatic heterocycles. The van der Waals surface area contributed by atoms with Crippen LogP contribution in [0.4, 0.5) is 0 Å². The van der Waals surface area contributed by atoms with Gasteiger partial charge in [0, 0.05) is 13.5 Å². The van der Waals surface area contributed by atoms with Gasteiger partial charge in [-0.2, -0.15) is 0 Å². The lowest BCUT2D eigenvalue weighted by Gasteiger charge is -2.16. The van der Waals surface area contributed by atoms with Gasteiger partial charge < -0.3 is 5.32 Å². The SMILES string of the molecule is CC(=O)NCCC1(c2ccc(C)cc2)CC1. The second kappa shape index (κ2) is 4.28. The Bertz CT molecular complexity index is 376. The molecule has 0 unspecified atom stereocenters. The molecule has 2 rings (SSSR count). The monoisotopic (exact) mass is 217 g/mol. The summed E-state index contributed by atoms with van der Waals surface area (Å²) in [5, 5.41) is 2.88. The van der Waals surface area contributed by atoms with Crippen molar-refractivity contribution >= 4 is 5.91 Å². The van der Waals surface area contributed by atoms with Crippen LogP contribution in [-0.4, -0.2) is 12.5 Å². The van der Waals surface area contributed by atoms with Crippen molar-refractivity contribution in [1.82, 2.24) is 5.32 Å². The van der Waals surface area contributed by atoms with Crippen LogP contribution >= 0.6 is 0 Å². The van der Waals surface area contributed by atoms with E-state index in [0.29, 0.717) is 5.41 Å². The Balaban J connectivity index is 1.97. The molecule has 1 amide bonds. The summed E-state index contributed by atoms with van der Waals surface area (Å²) >= 11 is 0. The van der Waals surface area contributed by atoms with Gasteiger partial charge in [0.25, 0.3) is 0 Å². The lowest BCUT2D eigenvalue weighted by Crippen LogP contribution is -2.24. The summed E-state index contributed by atoms with van der Waals surface area (Å²) in [6.07, 6.45) is 3.58. The first-order valence-corrected chi connectivity index (χ1v) is 5.94. The molecule has 1 aromatic rings. The molecule has 0 spiro atoms. The van der Waals surface area contributed by atoms with E-state index in [0.717, 1.165) is 13.0 Å². The molecule has 0 saturated heterocycles. The molecule has 1 aliphatic carbocycles. The van der Waals surface area contributed by atoms with Crippen LogP contribution in [-0.2, 0) is 10.2 Å². The van der Waals surface area contributed by atoms with Crippen LogP contribution < -0.4 is 5.32 Å². The lowest BCUT2D eigenvalue weighted by molar-refractivity contribution is -0.118. The van der Waals surface area contributed by atoms with E-state index in [2.05, 4.69) is 36.5 Å². The summed E-state index contributed by atoms with van der Waals surface area (Å²) in [7, 11) is 0. The Morgan fingerprint density at radius 3 is 2.44 bits per heavy atom. The highest BCUT2D eigenvalue weighted by Gasteiger charge is 2.43. The second-order valence-corrected chi connectivity index (χ2v) is 4.88. The number of rotatable bonds is 4. The first kappa shape index (κ1) is 11.2. The molecule has 0 heterocycles. The summed E-state index contributed by atoms with van der Waals surface area (Å²) in [6, 6.07) is 8.81. The van der Waals surface area contributed by atoms with E-state index in [9.17, 15) is 4.79 Å². The predicted molar refractivity (Wildman–Crippen MR) is 65.4 cm³/mol. The summed E-state index contributed by atoms with van der Waals surface area (Å²) < 4.78 is 0. The topological polar surface area (TPSA) is 29.1 Å². The summed E-state index contributed by atoms with van der Waals surface area (Å²) in [5.74, 6) is 0.0692. The number of aryl methyl sites for hydroxylation is 1. The Morgan fingerprint density at radius 1 is 1.31 bits per heavy atom. The van der Waals surface area contributed by atoms with Crippen molar-refractivity contribution in [3.05, 3.63) is 35.4 Å². The number of amides is 1. The van der Waals surface area contributed by atoms with Gasteiger partial charge in [-0.05, 0) is 37.2 Å². The maximum atomic E-state index is 10.8. The van der Waals surface area contributed by atoms with Crippen molar-refractivity contribution in [1.29, 1.82) is 0 Å². The van der Waals surface area contributed by atoms with Gasteiger partial charge >= 0.3 is 0 Å². The highest BCUT2D eigenvalue weighted by atomic mass is 16.1. The third-order valence-electron chi connectivity index (χ3n) is 3.49. The molecule has 0 atom stereocenters. The van der Waals surface area contributed by atoms with E-state index < -0.39 is 0 Å². The van der Waals surface area contributed by atoms with Gasteiger partial charge in [-0.15, -0.1) is 0 Å². The molecule has 2 nitrogen and oxygen atoms in total. The fourth-order valence-corrected chi connectivity index (χ4v) is 2.22. The molecule has 86 valence electrons. The van der Waals surface area contributed by atoms with Crippen molar-refractivity contribution < 1.29 is 4.79 Å². The normalized spacial score (nSPS) is 16.9. The number of hydrogen-bond donors (Lipinski definition) is 1. The van der Waals surface area contributed by atoms with Crippen LogP contribution in [0.2, 0.25) is 0 Å². The standard InChI is InChI=1S/C14H19NO/c1-11-3-5-13(6-4-11)14(7-8-14)9-10-15-12(2)16/h3-6H,7-10H2,1-2H3,(H,15,16). The van der Waals surface area contributed by atoms with Gasteiger partial charge in [0.15, 0.2) is 0 Å². The maximum absolute atomic E-state index is 10.8. The molecule has 1 aromatic carbocycles. The Morgan fingerprint density at radius 2 is 1.94 bits per heavy atom. The molecule has 1 fully saturated rings. The molecular weight excluding hydrogens is 198 g/mol. The molecule has 1 aliphatic rings. The number of benzene rings is 1. The third kappa shape index (κ3) is 2.43. The Kier molecular flexibility index (Phi) is 2.99. The van der Waals surface area contributed by atoms with Crippen molar-refractivity contribution in [2.24, 2.45) is 0 Å². The van der Waals surface area contributed by atoms with Crippen LogP contribution in [0.1, 0.15) is 37.3 Å². The minimum atomic E-state index is 0.0692. The third-order valence-corrected chi connectivity index (χ3v) is 3.49. The van der Waals surface area contributed by atoms with Crippen LogP contribution in [0.3, 0.4) is 0 Å². The highest BCUT2D eigenvalue weighted by molar-refractivity contribution is 5.72. The number of nitrogens with one attached hydrogen (secondary N) is 1. The fourth-order valence-electron chi connectivity index (χ4n) is 2.22. The van der Waals surface area contributed by atoms with E-state index in [4.69, 9.17) is 0 Å². The van der Waals surface area contributed by atoms with Crippen molar-refractivity contribution in [2.45, 2.75) is 38.5 Å². The van der Waals surface area contributed by atoms with Crippen LogP contribution in [0.15, 0.2) is 24.3 Å². The van der Waals surface area contributed by atoms with Crippen LogP contribution in [0.25, 0.3) is 0 Å². The average molecular weight is 217 g/mol. The van der Waals surface area contributed by atoms with Gasteiger partial charge in [0.05, 0.1) is 0 Å². The zero-order chi connectivity index (χ0) is 11.6. The molecule has 1 saturated carbocycles. The van der Waals surface area contributed by atoms with E-state index in [1.807, 2.05) is 0 Å². The largest absolute Gasteiger partial charge is 0.356 e. The summed E-state index contributed by atoms with van der Waals surface area (Å²) in [6.45, 7) is 4.48. The molecule has 1 N–H and O–H groups in total. The quantitative estimate of drug-likeness (QED) is 0.825. The number of carbonyl (C=O) groups is 1. The molecular formula is C14H19NO. The maximum Gasteiger partial charge on any atom is 0.216 e.